The van der Waals surface area contributed by atoms with Gasteiger partial charge in [0.1, 0.15) is 0 Å². The highest BCUT2D eigenvalue weighted by atomic mass is 16.3. The van der Waals surface area contributed by atoms with E-state index in [1.807, 2.05) is 6.20 Å². The number of nitrogens with one attached hydrogen (secondary N) is 1. The van der Waals surface area contributed by atoms with Gasteiger partial charge in [-0.2, -0.15) is 5.10 Å². The van der Waals surface area contributed by atoms with Crippen molar-refractivity contribution in [2.45, 2.75) is 25.7 Å². The van der Waals surface area contributed by atoms with E-state index in [1.165, 1.54) is 17.7 Å². The fourth-order valence-electron chi connectivity index (χ4n) is 1.86. The van der Waals surface area contributed by atoms with Gasteiger partial charge in [0.15, 0.2) is 0 Å². The molecule has 1 aromatic heterocycles. The molecule has 1 aliphatic carbocycles. The second-order valence-corrected chi connectivity index (χ2v) is 3.52. The van der Waals surface area contributed by atoms with Crippen LogP contribution >= 0.6 is 0 Å². The van der Waals surface area contributed by atoms with Gasteiger partial charge in [0, 0.05) is 12.3 Å². The average molecular weight is 166 g/mol. The molecule has 1 aromatic rings. The summed E-state index contributed by atoms with van der Waals surface area (Å²) in [6.45, 7) is 0.304. The monoisotopic (exact) mass is 166 g/mol. The Kier molecular flexibility index (Phi) is 2.13. The average Bonchev–Trinajstić information content (AvgIpc) is 2.43. The summed E-state index contributed by atoms with van der Waals surface area (Å²) in [7, 11) is 0. The largest absolute Gasteiger partial charge is 0.396 e. The summed E-state index contributed by atoms with van der Waals surface area (Å²) in [4.78, 5) is 0. The van der Waals surface area contributed by atoms with E-state index in [1.54, 1.807) is 0 Å². The van der Waals surface area contributed by atoms with Crippen molar-refractivity contribution >= 4 is 0 Å². The van der Waals surface area contributed by atoms with Crippen molar-refractivity contribution in [2.24, 2.45) is 5.92 Å². The number of aliphatic hydroxyl groups is 1. The Morgan fingerprint density at radius 1 is 1.67 bits per heavy atom. The lowest BCUT2D eigenvalue weighted by Crippen LogP contribution is -2.08. The predicted molar refractivity (Wildman–Crippen MR) is 45.8 cm³/mol. The van der Waals surface area contributed by atoms with E-state index in [0.29, 0.717) is 12.5 Å². The highest BCUT2D eigenvalue weighted by molar-refractivity contribution is 5.18. The van der Waals surface area contributed by atoms with Crippen molar-refractivity contribution in [1.82, 2.24) is 10.2 Å². The number of nitrogens with zero attached hydrogens (tertiary/aromatic N) is 1. The van der Waals surface area contributed by atoms with Crippen LogP contribution in [0.1, 0.15) is 24.1 Å². The van der Waals surface area contributed by atoms with Crippen LogP contribution in [0.4, 0.5) is 0 Å². The molecule has 0 fully saturated rings. The van der Waals surface area contributed by atoms with Crippen molar-refractivity contribution in [3.63, 3.8) is 0 Å². The third-order valence-electron chi connectivity index (χ3n) is 2.62. The first-order valence-corrected chi connectivity index (χ1v) is 4.52. The Morgan fingerprint density at radius 3 is 3.42 bits per heavy atom. The van der Waals surface area contributed by atoms with E-state index in [0.717, 1.165) is 19.3 Å². The Morgan fingerprint density at radius 2 is 2.58 bits per heavy atom. The first-order valence-electron chi connectivity index (χ1n) is 4.52. The van der Waals surface area contributed by atoms with Crippen LogP contribution in [0.15, 0.2) is 6.20 Å². The summed E-state index contributed by atoms with van der Waals surface area (Å²) >= 11 is 0. The van der Waals surface area contributed by atoms with Crippen LogP contribution in [0.25, 0.3) is 0 Å². The molecule has 66 valence electrons. The second kappa shape index (κ2) is 3.27. The molecule has 0 radical (unpaired) electrons. The van der Waals surface area contributed by atoms with Gasteiger partial charge in [0.05, 0.1) is 6.20 Å². The standard InChI is InChI=1S/C9H14N2O/c12-6-7-2-1-3-8-5-10-11-9(8)4-7/h5,7,12H,1-4,6H2,(H,10,11)/t7-/m1/s1. The van der Waals surface area contributed by atoms with Crippen molar-refractivity contribution in [3.05, 3.63) is 17.5 Å². The summed E-state index contributed by atoms with van der Waals surface area (Å²) in [6, 6.07) is 0. The SMILES string of the molecule is OC[C@@H]1CCCc2cn[nH]c2C1. The molecule has 1 heterocycles. The molecular formula is C9H14N2O. The van der Waals surface area contributed by atoms with Gasteiger partial charge in [-0.1, -0.05) is 0 Å². The topological polar surface area (TPSA) is 48.9 Å². The molecule has 0 saturated carbocycles. The summed E-state index contributed by atoms with van der Waals surface area (Å²) in [5, 5.41) is 16.1. The van der Waals surface area contributed by atoms with Gasteiger partial charge in [0.2, 0.25) is 0 Å². The number of fused-ring (bicyclic) bond motifs is 1. The van der Waals surface area contributed by atoms with E-state index in [2.05, 4.69) is 10.2 Å². The second-order valence-electron chi connectivity index (χ2n) is 3.52. The van der Waals surface area contributed by atoms with E-state index < -0.39 is 0 Å². The van der Waals surface area contributed by atoms with Crippen LogP contribution in [0.3, 0.4) is 0 Å². The summed E-state index contributed by atoms with van der Waals surface area (Å²) in [6.07, 6.45) is 6.31. The highest BCUT2D eigenvalue weighted by Gasteiger charge is 2.16. The molecule has 2 rings (SSSR count). The van der Waals surface area contributed by atoms with E-state index >= 15 is 0 Å². The maximum absolute atomic E-state index is 9.04. The van der Waals surface area contributed by atoms with Crippen LogP contribution in [0.2, 0.25) is 0 Å². The predicted octanol–water partition coefficient (Wildman–Crippen LogP) is 0.897. The molecule has 1 aliphatic rings. The number of rotatable bonds is 1. The van der Waals surface area contributed by atoms with Gasteiger partial charge < -0.3 is 5.11 Å². The number of hydrogen-bond donors (Lipinski definition) is 2. The lowest BCUT2D eigenvalue weighted by molar-refractivity contribution is 0.217. The lowest BCUT2D eigenvalue weighted by atomic mass is 10.0. The molecule has 0 bridgehead atoms. The normalized spacial score (nSPS) is 23.2. The van der Waals surface area contributed by atoms with Crippen LogP contribution in [0, 0.1) is 5.92 Å². The Balaban J connectivity index is 2.18. The smallest absolute Gasteiger partial charge is 0.0522 e. The number of aromatic nitrogens is 2. The molecular weight excluding hydrogens is 152 g/mol. The van der Waals surface area contributed by atoms with Gasteiger partial charge in [-0.05, 0) is 37.2 Å². The summed E-state index contributed by atoms with van der Waals surface area (Å²) in [5.74, 6) is 0.437. The molecule has 2 N–H and O–H groups in total. The molecule has 0 unspecified atom stereocenters. The quantitative estimate of drug-likeness (QED) is 0.609. The number of aliphatic hydroxyl groups excluding tert-OH is 1. The minimum Gasteiger partial charge on any atom is -0.396 e. The summed E-state index contributed by atoms with van der Waals surface area (Å²) in [5.41, 5.74) is 2.57. The van der Waals surface area contributed by atoms with Gasteiger partial charge in [-0.3, -0.25) is 5.10 Å². The molecule has 0 saturated heterocycles. The molecule has 12 heavy (non-hydrogen) atoms. The van der Waals surface area contributed by atoms with Gasteiger partial charge in [-0.15, -0.1) is 0 Å². The number of H-pyrrole nitrogens is 1. The molecule has 3 heteroatoms. The number of aryl methyl sites for hydroxylation is 1. The molecule has 0 aliphatic heterocycles. The van der Waals surface area contributed by atoms with Crippen LogP contribution in [0.5, 0.6) is 0 Å². The zero-order valence-corrected chi connectivity index (χ0v) is 7.08. The fourth-order valence-corrected chi connectivity index (χ4v) is 1.86. The van der Waals surface area contributed by atoms with Crippen LogP contribution in [-0.2, 0) is 12.8 Å². The minimum absolute atomic E-state index is 0.304. The summed E-state index contributed by atoms with van der Waals surface area (Å²) < 4.78 is 0. The van der Waals surface area contributed by atoms with Gasteiger partial charge in [-0.25, -0.2) is 0 Å². The van der Waals surface area contributed by atoms with Crippen LogP contribution in [-0.4, -0.2) is 21.9 Å². The van der Waals surface area contributed by atoms with E-state index in [4.69, 9.17) is 5.11 Å². The van der Waals surface area contributed by atoms with Crippen molar-refractivity contribution in [3.8, 4) is 0 Å². The van der Waals surface area contributed by atoms with Crippen LogP contribution < -0.4 is 0 Å². The number of hydrogen-bond acceptors (Lipinski definition) is 2. The molecule has 1 atom stereocenters. The first kappa shape index (κ1) is 7.80. The van der Waals surface area contributed by atoms with E-state index in [9.17, 15) is 0 Å². The first-order chi connectivity index (χ1) is 5.90. The third-order valence-corrected chi connectivity index (χ3v) is 2.62. The van der Waals surface area contributed by atoms with Crippen molar-refractivity contribution < 1.29 is 5.11 Å². The van der Waals surface area contributed by atoms with Gasteiger partial charge >= 0.3 is 0 Å². The Hall–Kier alpha value is -0.830. The fraction of sp³-hybridized carbons (Fsp3) is 0.667. The van der Waals surface area contributed by atoms with Crippen molar-refractivity contribution in [1.29, 1.82) is 0 Å². The zero-order chi connectivity index (χ0) is 8.39. The maximum Gasteiger partial charge on any atom is 0.0522 e. The van der Waals surface area contributed by atoms with Gasteiger partial charge in [0.25, 0.3) is 0 Å². The Bertz CT molecular complexity index is 257. The Labute approximate surface area is 71.8 Å². The molecule has 0 amide bonds. The molecule has 3 nitrogen and oxygen atoms in total. The molecule has 0 spiro atoms. The molecule has 0 aromatic carbocycles. The number of aromatic amines is 1. The van der Waals surface area contributed by atoms with Crippen molar-refractivity contribution in [2.75, 3.05) is 6.61 Å². The van der Waals surface area contributed by atoms with E-state index in [-0.39, 0.29) is 0 Å². The highest BCUT2D eigenvalue weighted by Crippen LogP contribution is 2.22. The lowest BCUT2D eigenvalue weighted by Gasteiger charge is -2.08. The minimum atomic E-state index is 0.304. The third kappa shape index (κ3) is 1.37. The zero-order valence-electron chi connectivity index (χ0n) is 7.08. The maximum atomic E-state index is 9.04.